The van der Waals surface area contributed by atoms with Crippen LogP contribution in [0.3, 0.4) is 0 Å². The summed E-state index contributed by atoms with van der Waals surface area (Å²) in [5.41, 5.74) is 16.9. The molecule has 72 heavy (non-hydrogen) atoms. The Kier molecular flexibility index (Phi) is 10.6. The fourth-order valence-electron chi connectivity index (χ4n) is 10.8. The molecule has 0 bridgehead atoms. The van der Waals surface area contributed by atoms with E-state index in [9.17, 15) is 6.57 Å². The van der Waals surface area contributed by atoms with Gasteiger partial charge in [-0.25, -0.2) is 4.85 Å². The van der Waals surface area contributed by atoms with Crippen LogP contribution in [0.4, 0.5) is 18.9 Å². The molecule has 10 aromatic carbocycles. The molecule has 0 atom stereocenters. The molecule has 12 rings (SSSR count). The van der Waals surface area contributed by atoms with Crippen molar-refractivity contribution in [3.8, 4) is 67.0 Å². The first-order chi connectivity index (χ1) is 34.9. The zero-order chi connectivity index (χ0) is 49.4. The lowest BCUT2D eigenvalue weighted by Crippen LogP contribution is -2.09. The van der Waals surface area contributed by atoms with E-state index in [-0.39, 0.29) is 11.3 Å². The average molecular weight is 938 g/mol. The number of fused-ring (bicyclic) bond motifs is 6. The first-order valence-electron chi connectivity index (χ1n) is 24.1. The fraction of sp³-hybridized carbons (Fsp3) is 0.0758. The lowest BCUT2D eigenvalue weighted by atomic mass is 9.95. The lowest BCUT2D eigenvalue weighted by Gasteiger charge is -2.22. The molecule has 0 saturated heterocycles. The van der Waals surface area contributed by atoms with E-state index in [1.807, 2.05) is 22.8 Å². The summed E-state index contributed by atoms with van der Waals surface area (Å²) in [5, 5.41) is 3.82. The molecule has 0 aliphatic heterocycles. The Morgan fingerprint density at radius 1 is 0.361 bits per heavy atom. The minimum Gasteiger partial charge on any atom is -0.319 e. The van der Waals surface area contributed by atoms with Crippen molar-refractivity contribution in [3.05, 3.63) is 245 Å². The highest BCUT2D eigenvalue weighted by Gasteiger charge is 2.35. The summed E-state index contributed by atoms with van der Waals surface area (Å²) in [6.45, 7) is 17.6. The summed E-state index contributed by atoms with van der Waals surface area (Å²) in [5.74, 6) is 0. The number of nitrogens with zero attached hydrogens (tertiary/aromatic N) is 3. The average Bonchev–Trinajstić information content (AvgIpc) is 3.89. The summed E-state index contributed by atoms with van der Waals surface area (Å²) in [4.78, 5) is 4.41. The van der Waals surface area contributed by atoms with E-state index in [0.29, 0.717) is 16.9 Å². The lowest BCUT2D eigenvalue weighted by molar-refractivity contribution is -0.137. The molecule has 2 heterocycles. The number of rotatable bonds is 7. The number of aryl methyl sites for hydroxylation is 4. The molecule has 0 aliphatic carbocycles. The van der Waals surface area contributed by atoms with Crippen LogP contribution in [-0.2, 0) is 6.18 Å². The Morgan fingerprint density at radius 3 is 1.08 bits per heavy atom. The number of aromatic nitrogens is 2. The number of halogens is 3. The minimum atomic E-state index is -4.67. The number of alkyl halides is 3. The first-order valence-corrected chi connectivity index (χ1v) is 24.1. The Balaban J connectivity index is 1.20. The molecule has 0 fully saturated rings. The van der Waals surface area contributed by atoms with Gasteiger partial charge in [-0.15, -0.1) is 0 Å². The molecule has 2 aromatic heterocycles. The Bertz CT molecular complexity index is 4010. The molecule has 0 saturated carbocycles. The maximum absolute atomic E-state index is 15.3. The van der Waals surface area contributed by atoms with Crippen molar-refractivity contribution in [1.29, 1.82) is 0 Å². The first kappa shape index (κ1) is 44.3. The van der Waals surface area contributed by atoms with E-state index in [1.54, 1.807) is 12.1 Å². The van der Waals surface area contributed by atoms with Crippen LogP contribution >= 0.6 is 0 Å². The van der Waals surface area contributed by atoms with Crippen molar-refractivity contribution in [2.45, 2.75) is 33.9 Å². The van der Waals surface area contributed by atoms with Crippen LogP contribution in [0.1, 0.15) is 27.8 Å². The third-order valence-corrected chi connectivity index (χ3v) is 14.2. The molecule has 12 aromatic rings. The molecular weight excluding hydrogens is 892 g/mol. The van der Waals surface area contributed by atoms with Crippen LogP contribution in [0.5, 0.6) is 0 Å². The van der Waals surface area contributed by atoms with E-state index in [1.165, 1.54) is 12.1 Å². The molecule has 0 radical (unpaired) electrons. The maximum atomic E-state index is 15.3. The summed E-state index contributed by atoms with van der Waals surface area (Å²) in [6, 6.07) is 68.5. The van der Waals surface area contributed by atoms with Gasteiger partial charge in [-0.3, -0.25) is 0 Å². The standard InChI is InChI=1S/C66H46F3N3/c1-40-12-8-16-44(32-40)48-22-27-59-54(36-48)55-37-49(45-17-9-13-41(2)33-45)23-28-60(55)71(59)63-31-26-53(52-20-6-7-21-58(52)66(67,68)69)65(64(63)70-5)72-61-29-24-50(46-18-10-14-42(3)34-46)38-56(61)57-39-51(25-30-62(57)72)47-19-11-15-43(4)35-47/h6-39H,1-4H3. The Morgan fingerprint density at radius 2 is 0.722 bits per heavy atom. The number of hydrogen-bond donors (Lipinski definition) is 0. The van der Waals surface area contributed by atoms with Crippen LogP contribution in [-0.4, -0.2) is 9.13 Å². The maximum Gasteiger partial charge on any atom is 0.417 e. The van der Waals surface area contributed by atoms with Crippen LogP contribution in [0.15, 0.2) is 206 Å². The number of hydrogen-bond acceptors (Lipinski definition) is 0. The predicted octanol–water partition coefficient (Wildman–Crippen LogP) is 19.0. The molecule has 3 nitrogen and oxygen atoms in total. The van der Waals surface area contributed by atoms with Gasteiger partial charge in [0.2, 0.25) is 5.69 Å². The van der Waals surface area contributed by atoms with Gasteiger partial charge in [0.05, 0.1) is 45.6 Å². The zero-order valence-electron chi connectivity index (χ0n) is 40.1. The molecule has 0 aliphatic rings. The van der Waals surface area contributed by atoms with Crippen molar-refractivity contribution in [3.63, 3.8) is 0 Å². The SMILES string of the molecule is [C-]#[N+]c1c(-n2c3ccc(-c4cccc(C)c4)cc3c3cc(-c4cccc(C)c4)ccc32)ccc(-c2ccccc2C(F)(F)F)c1-n1c2ccc(-c3cccc(C)c3)cc2c2cc(-c3cccc(C)c3)ccc21. The molecule has 0 N–H and O–H groups in total. The van der Waals surface area contributed by atoms with Gasteiger partial charge in [-0.2, -0.15) is 13.2 Å². The van der Waals surface area contributed by atoms with Crippen LogP contribution in [0.25, 0.3) is 115 Å². The van der Waals surface area contributed by atoms with Gasteiger partial charge in [0.25, 0.3) is 0 Å². The zero-order valence-corrected chi connectivity index (χ0v) is 40.1. The second-order valence-electron chi connectivity index (χ2n) is 19.1. The fourth-order valence-corrected chi connectivity index (χ4v) is 10.8. The summed E-state index contributed by atoms with van der Waals surface area (Å²) < 4.78 is 50.1. The van der Waals surface area contributed by atoms with Crippen molar-refractivity contribution in [1.82, 2.24) is 9.13 Å². The quantitative estimate of drug-likeness (QED) is 0.141. The molecule has 346 valence electrons. The molecule has 0 unspecified atom stereocenters. The highest BCUT2D eigenvalue weighted by atomic mass is 19.4. The highest BCUT2D eigenvalue weighted by molar-refractivity contribution is 6.15. The summed E-state index contributed by atoms with van der Waals surface area (Å²) in [7, 11) is 0. The van der Waals surface area contributed by atoms with E-state index >= 15 is 13.2 Å². The van der Waals surface area contributed by atoms with Crippen molar-refractivity contribution >= 4 is 49.3 Å². The van der Waals surface area contributed by atoms with Gasteiger partial charge < -0.3 is 9.13 Å². The third kappa shape index (κ3) is 7.53. The summed E-state index contributed by atoms with van der Waals surface area (Å²) >= 11 is 0. The predicted molar refractivity (Wildman–Crippen MR) is 293 cm³/mol. The molecular formula is C66H46F3N3. The molecule has 0 amide bonds. The van der Waals surface area contributed by atoms with Gasteiger partial charge in [0, 0.05) is 21.5 Å². The van der Waals surface area contributed by atoms with E-state index in [2.05, 4.69) is 195 Å². The van der Waals surface area contributed by atoms with E-state index in [0.717, 1.165) is 116 Å². The number of benzene rings is 10. The summed E-state index contributed by atoms with van der Waals surface area (Å²) in [6.07, 6.45) is -4.67. The van der Waals surface area contributed by atoms with Gasteiger partial charge in [-0.05, 0) is 144 Å². The molecule has 0 spiro atoms. The van der Waals surface area contributed by atoms with Gasteiger partial charge in [0.15, 0.2) is 0 Å². The smallest absolute Gasteiger partial charge is 0.319 e. The van der Waals surface area contributed by atoms with Crippen molar-refractivity contribution in [2.24, 2.45) is 0 Å². The normalized spacial score (nSPS) is 11.8. The highest BCUT2D eigenvalue weighted by Crippen LogP contribution is 2.49. The van der Waals surface area contributed by atoms with Crippen molar-refractivity contribution < 1.29 is 13.2 Å². The topological polar surface area (TPSA) is 14.2 Å². The van der Waals surface area contributed by atoms with Crippen LogP contribution in [0, 0.1) is 34.3 Å². The largest absolute Gasteiger partial charge is 0.417 e. The van der Waals surface area contributed by atoms with Crippen molar-refractivity contribution in [2.75, 3.05) is 0 Å². The van der Waals surface area contributed by atoms with Gasteiger partial charge in [-0.1, -0.05) is 168 Å². The third-order valence-electron chi connectivity index (χ3n) is 14.2. The monoisotopic (exact) mass is 937 g/mol. The van der Waals surface area contributed by atoms with Crippen LogP contribution in [0.2, 0.25) is 0 Å². The second kappa shape index (κ2) is 17.2. The Labute approximate surface area is 416 Å². The second-order valence-corrected chi connectivity index (χ2v) is 19.1. The van der Waals surface area contributed by atoms with Crippen LogP contribution < -0.4 is 0 Å². The van der Waals surface area contributed by atoms with E-state index in [4.69, 9.17) is 0 Å². The van der Waals surface area contributed by atoms with Gasteiger partial charge >= 0.3 is 6.18 Å². The minimum absolute atomic E-state index is 0.00738. The molecule has 6 heteroatoms. The Hall–Kier alpha value is -8.92. The van der Waals surface area contributed by atoms with Gasteiger partial charge in [0.1, 0.15) is 0 Å². The van der Waals surface area contributed by atoms with E-state index < -0.39 is 11.7 Å².